The van der Waals surface area contributed by atoms with Crippen molar-refractivity contribution >= 4 is 11.9 Å². The SMILES string of the molecule is COC1(C(F)(F)F)NC(=O)N(C2CCCCC2)C1=O. The Morgan fingerprint density at radius 2 is 1.84 bits per heavy atom. The van der Waals surface area contributed by atoms with Gasteiger partial charge in [0.15, 0.2) is 0 Å². The predicted octanol–water partition coefficient (Wildman–Crippen LogP) is 1.78. The lowest BCUT2D eigenvalue weighted by Crippen LogP contribution is -2.60. The first kappa shape index (κ1) is 14.1. The topological polar surface area (TPSA) is 58.6 Å². The lowest BCUT2D eigenvalue weighted by molar-refractivity contribution is -0.263. The predicted molar refractivity (Wildman–Crippen MR) is 58.0 cm³/mol. The van der Waals surface area contributed by atoms with Gasteiger partial charge in [-0.25, -0.2) is 4.79 Å². The smallest absolute Gasteiger partial charge is 0.344 e. The number of rotatable bonds is 2. The number of methoxy groups -OCH3 is 1. The van der Waals surface area contributed by atoms with Crippen LogP contribution in [0.3, 0.4) is 0 Å². The molecule has 2 rings (SSSR count). The summed E-state index contributed by atoms with van der Waals surface area (Å²) >= 11 is 0. The van der Waals surface area contributed by atoms with Crippen molar-refractivity contribution in [1.29, 1.82) is 0 Å². The van der Waals surface area contributed by atoms with E-state index in [-0.39, 0.29) is 0 Å². The van der Waals surface area contributed by atoms with Gasteiger partial charge < -0.3 is 4.74 Å². The number of nitrogens with zero attached hydrogens (tertiary/aromatic N) is 1. The highest BCUT2D eigenvalue weighted by Crippen LogP contribution is 2.38. The maximum Gasteiger partial charge on any atom is 0.446 e. The molecule has 1 aliphatic carbocycles. The third-order valence-corrected chi connectivity index (χ3v) is 3.67. The quantitative estimate of drug-likeness (QED) is 0.784. The molecule has 1 aliphatic heterocycles. The zero-order valence-corrected chi connectivity index (χ0v) is 10.4. The maximum absolute atomic E-state index is 13.0. The second kappa shape index (κ2) is 4.66. The fourth-order valence-corrected chi connectivity index (χ4v) is 2.64. The van der Waals surface area contributed by atoms with Crippen LogP contribution in [0.15, 0.2) is 0 Å². The fraction of sp³-hybridized carbons (Fsp3) is 0.818. The molecule has 0 aromatic carbocycles. The van der Waals surface area contributed by atoms with Crippen LogP contribution in [0.25, 0.3) is 0 Å². The first-order valence-corrected chi connectivity index (χ1v) is 6.11. The molecule has 1 unspecified atom stereocenters. The van der Waals surface area contributed by atoms with Crippen LogP contribution in [0.4, 0.5) is 18.0 Å². The summed E-state index contributed by atoms with van der Waals surface area (Å²) in [7, 11) is 0.760. The molecule has 1 saturated heterocycles. The average Bonchev–Trinajstić information content (AvgIpc) is 2.62. The van der Waals surface area contributed by atoms with Gasteiger partial charge in [0.2, 0.25) is 0 Å². The number of amides is 3. The van der Waals surface area contributed by atoms with Crippen molar-refractivity contribution in [1.82, 2.24) is 10.2 Å². The molecule has 2 fully saturated rings. The molecule has 108 valence electrons. The van der Waals surface area contributed by atoms with Crippen molar-refractivity contribution < 1.29 is 27.5 Å². The second-order valence-electron chi connectivity index (χ2n) is 4.78. The van der Waals surface area contributed by atoms with Crippen LogP contribution in [0.5, 0.6) is 0 Å². The van der Waals surface area contributed by atoms with Crippen molar-refractivity contribution in [3.8, 4) is 0 Å². The standard InChI is InChI=1S/C11H15F3N2O3/c1-19-10(11(12,13)14)8(17)16(9(18)15-10)7-5-3-2-4-6-7/h7H,2-6H2,1H3,(H,15,18). The summed E-state index contributed by atoms with van der Waals surface area (Å²) in [6.45, 7) is 0. The number of halogens is 3. The van der Waals surface area contributed by atoms with Crippen LogP contribution in [-0.2, 0) is 9.53 Å². The molecular weight excluding hydrogens is 265 g/mol. The van der Waals surface area contributed by atoms with Crippen LogP contribution in [0.2, 0.25) is 0 Å². The molecule has 8 heteroatoms. The van der Waals surface area contributed by atoms with E-state index in [0.717, 1.165) is 26.4 Å². The number of hydrogen-bond acceptors (Lipinski definition) is 3. The van der Waals surface area contributed by atoms with Gasteiger partial charge in [-0.1, -0.05) is 19.3 Å². The van der Waals surface area contributed by atoms with E-state index in [9.17, 15) is 22.8 Å². The molecule has 1 saturated carbocycles. The Bertz CT molecular complexity index is 393. The maximum atomic E-state index is 13.0. The molecule has 0 aromatic heterocycles. The highest BCUT2D eigenvalue weighted by molar-refractivity contribution is 6.07. The average molecular weight is 280 g/mol. The minimum atomic E-state index is -4.99. The molecule has 1 atom stereocenters. The number of hydrogen-bond donors (Lipinski definition) is 1. The monoisotopic (exact) mass is 280 g/mol. The van der Waals surface area contributed by atoms with Gasteiger partial charge in [0.05, 0.1) is 0 Å². The Balaban J connectivity index is 2.29. The van der Waals surface area contributed by atoms with E-state index in [1.54, 1.807) is 5.32 Å². The Kier molecular flexibility index (Phi) is 3.46. The van der Waals surface area contributed by atoms with E-state index >= 15 is 0 Å². The largest absolute Gasteiger partial charge is 0.446 e. The van der Waals surface area contributed by atoms with Crippen LogP contribution in [0.1, 0.15) is 32.1 Å². The number of alkyl halides is 3. The number of carbonyl (C=O) groups is 2. The fourth-order valence-electron chi connectivity index (χ4n) is 2.64. The molecule has 19 heavy (non-hydrogen) atoms. The Labute approximate surface area is 108 Å². The van der Waals surface area contributed by atoms with Gasteiger partial charge in [0.1, 0.15) is 0 Å². The molecule has 1 heterocycles. The van der Waals surface area contributed by atoms with Gasteiger partial charge in [0.25, 0.3) is 5.91 Å². The van der Waals surface area contributed by atoms with E-state index in [1.807, 2.05) is 0 Å². The lowest BCUT2D eigenvalue weighted by Gasteiger charge is -2.30. The number of urea groups is 1. The summed E-state index contributed by atoms with van der Waals surface area (Å²) in [5, 5.41) is 1.64. The van der Waals surface area contributed by atoms with Gasteiger partial charge in [-0.3, -0.25) is 15.0 Å². The zero-order chi connectivity index (χ0) is 14.3. The highest BCUT2D eigenvalue weighted by atomic mass is 19.4. The van der Waals surface area contributed by atoms with E-state index < -0.39 is 29.9 Å². The molecule has 5 nitrogen and oxygen atoms in total. The zero-order valence-electron chi connectivity index (χ0n) is 10.4. The third kappa shape index (κ3) is 2.07. The Morgan fingerprint density at radius 3 is 2.26 bits per heavy atom. The Hall–Kier alpha value is -1.31. The third-order valence-electron chi connectivity index (χ3n) is 3.67. The minimum absolute atomic E-state index is 0.472. The Morgan fingerprint density at radius 1 is 1.26 bits per heavy atom. The van der Waals surface area contributed by atoms with Crippen LogP contribution < -0.4 is 5.32 Å². The van der Waals surface area contributed by atoms with Crippen LogP contribution in [0, 0.1) is 0 Å². The van der Waals surface area contributed by atoms with Crippen molar-refractivity contribution in [2.75, 3.05) is 7.11 Å². The van der Waals surface area contributed by atoms with Crippen molar-refractivity contribution in [2.45, 2.75) is 50.0 Å². The highest BCUT2D eigenvalue weighted by Gasteiger charge is 2.69. The summed E-state index contributed by atoms with van der Waals surface area (Å²) in [6.07, 6.45) is -1.35. The normalized spacial score (nSPS) is 29.8. The first-order chi connectivity index (χ1) is 8.83. The first-order valence-electron chi connectivity index (χ1n) is 6.11. The van der Waals surface area contributed by atoms with Gasteiger partial charge in [-0.15, -0.1) is 0 Å². The van der Waals surface area contributed by atoms with E-state index in [4.69, 9.17) is 0 Å². The van der Waals surface area contributed by atoms with Gasteiger partial charge in [-0.2, -0.15) is 13.2 Å². The van der Waals surface area contributed by atoms with Crippen LogP contribution in [-0.4, -0.2) is 41.9 Å². The number of imide groups is 1. The molecular formula is C11H15F3N2O3. The number of ether oxygens (including phenoxy) is 1. The second-order valence-corrected chi connectivity index (χ2v) is 4.78. The van der Waals surface area contributed by atoms with Crippen molar-refractivity contribution in [3.05, 3.63) is 0 Å². The van der Waals surface area contributed by atoms with Crippen LogP contribution >= 0.6 is 0 Å². The number of nitrogens with one attached hydrogen (secondary N) is 1. The summed E-state index contributed by atoms with van der Waals surface area (Å²) in [4.78, 5) is 24.4. The summed E-state index contributed by atoms with van der Waals surface area (Å²) in [6, 6.07) is -1.50. The van der Waals surface area contributed by atoms with Gasteiger partial charge in [0, 0.05) is 13.2 Å². The van der Waals surface area contributed by atoms with E-state index in [2.05, 4.69) is 4.74 Å². The molecule has 0 bridgehead atoms. The van der Waals surface area contributed by atoms with Crippen molar-refractivity contribution in [2.24, 2.45) is 0 Å². The van der Waals surface area contributed by atoms with Gasteiger partial charge in [-0.05, 0) is 12.8 Å². The lowest BCUT2D eigenvalue weighted by atomic mass is 9.94. The number of carbonyl (C=O) groups excluding carboxylic acids is 2. The summed E-state index contributed by atoms with van der Waals surface area (Å²) in [5.41, 5.74) is -3.23. The minimum Gasteiger partial charge on any atom is -0.344 e. The molecule has 3 amide bonds. The molecule has 0 aromatic rings. The van der Waals surface area contributed by atoms with E-state index in [0.29, 0.717) is 17.7 Å². The summed E-state index contributed by atoms with van der Waals surface area (Å²) in [5.74, 6) is -1.36. The molecule has 2 aliphatic rings. The molecule has 0 radical (unpaired) electrons. The molecule has 0 spiro atoms. The van der Waals surface area contributed by atoms with Crippen molar-refractivity contribution in [3.63, 3.8) is 0 Å². The van der Waals surface area contributed by atoms with E-state index in [1.165, 1.54) is 0 Å². The molecule has 1 N–H and O–H groups in total. The summed E-state index contributed by atoms with van der Waals surface area (Å²) < 4.78 is 43.3. The van der Waals surface area contributed by atoms with Gasteiger partial charge >= 0.3 is 17.9 Å².